The SMILES string of the molecule is O=C(NC1CCCCC1)c1cnc(Nc2cccc(Cl)c2Cl)cn1. The fourth-order valence-electron chi connectivity index (χ4n) is 2.75. The van der Waals surface area contributed by atoms with Crippen LogP contribution in [0.25, 0.3) is 0 Å². The van der Waals surface area contributed by atoms with Crippen LogP contribution >= 0.6 is 23.2 Å². The Labute approximate surface area is 150 Å². The fraction of sp³-hybridized carbons (Fsp3) is 0.353. The summed E-state index contributed by atoms with van der Waals surface area (Å²) >= 11 is 12.1. The molecule has 1 aromatic carbocycles. The first-order valence-corrected chi connectivity index (χ1v) is 8.73. The van der Waals surface area contributed by atoms with Crippen molar-refractivity contribution in [2.24, 2.45) is 0 Å². The summed E-state index contributed by atoms with van der Waals surface area (Å²) in [5.74, 6) is 0.315. The number of nitrogens with one attached hydrogen (secondary N) is 2. The molecule has 2 aromatic rings. The van der Waals surface area contributed by atoms with E-state index in [2.05, 4.69) is 20.6 Å². The molecule has 1 amide bonds. The van der Waals surface area contributed by atoms with Crippen molar-refractivity contribution < 1.29 is 4.79 Å². The summed E-state index contributed by atoms with van der Waals surface area (Å²) in [5.41, 5.74) is 0.946. The third-order valence-electron chi connectivity index (χ3n) is 4.04. The molecule has 1 heterocycles. The van der Waals surface area contributed by atoms with Gasteiger partial charge in [0.25, 0.3) is 5.91 Å². The number of carbonyl (C=O) groups is 1. The van der Waals surface area contributed by atoms with Crippen LogP contribution in [0.5, 0.6) is 0 Å². The molecule has 0 spiro atoms. The normalized spacial score (nSPS) is 15.1. The van der Waals surface area contributed by atoms with Crippen molar-refractivity contribution in [2.75, 3.05) is 5.32 Å². The summed E-state index contributed by atoms with van der Waals surface area (Å²) < 4.78 is 0. The molecule has 1 aliphatic rings. The molecule has 126 valence electrons. The Balaban J connectivity index is 1.64. The maximum absolute atomic E-state index is 12.2. The summed E-state index contributed by atoms with van der Waals surface area (Å²) in [6.07, 6.45) is 8.61. The molecular formula is C17H18Cl2N4O. The van der Waals surface area contributed by atoms with Gasteiger partial charge in [0.05, 0.1) is 28.1 Å². The number of nitrogens with zero attached hydrogens (tertiary/aromatic N) is 2. The Bertz CT molecular complexity index is 715. The lowest BCUT2D eigenvalue weighted by Crippen LogP contribution is -2.36. The molecule has 0 aliphatic heterocycles. The topological polar surface area (TPSA) is 66.9 Å². The Morgan fingerprint density at radius 3 is 2.58 bits per heavy atom. The van der Waals surface area contributed by atoms with Crippen LogP contribution in [0.3, 0.4) is 0 Å². The molecular weight excluding hydrogens is 347 g/mol. The zero-order valence-corrected chi connectivity index (χ0v) is 14.6. The lowest BCUT2D eigenvalue weighted by Gasteiger charge is -2.22. The zero-order valence-electron chi connectivity index (χ0n) is 13.1. The van der Waals surface area contributed by atoms with Gasteiger partial charge < -0.3 is 10.6 Å². The Kier molecular flexibility index (Phi) is 5.53. The van der Waals surface area contributed by atoms with Crippen molar-refractivity contribution in [1.29, 1.82) is 0 Å². The van der Waals surface area contributed by atoms with Crippen LogP contribution in [-0.2, 0) is 0 Å². The van der Waals surface area contributed by atoms with Gasteiger partial charge in [-0.2, -0.15) is 0 Å². The lowest BCUT2D eigenvalue weighted by molar-refractivity contribution is 0.0922. The van der Waals surface area contributed by atoms with Crippen LogP contribution in [0, 0.1) is 0 Å². The quantitative estimate of drug-likeness (QED) is 0.832. The van der Waals surface area contributed by atoms with E-state index in [1.165, 1.54) is 31.7 Å². The highest BCUT2D eigenvalue weighted by Crippen LogP contribution is 2.31. The molecule has 5 nitrogen and oxygen atoms in total. The molecule has 3 rings (SSSR count). The van der Waals surface area contributed by atoms with Gasteiger partial charge in [-0.3, -0.25) is 4.79 Å². The summed E-state index contributed by atoms with van der Waals surface area (Å²) in [6, 6.07) is 5.53. The Morgan fingerprint density at radius 2 is 1.88 bits per heavy atom. The van der Waals surface area contributed by atoms with E-state index in [0.717, 1.165) is 12.8 Å². The number of carbonyl (C=O) groups excluding carboxylic acids is 1. The number of anilines is 2. The first-order valence-electron chi connectivity index (χ1n) is 7.97. The highest BCUT2D eigenvalue weighted by molar-refractivity contribution is 6.43. The van der Waals surface area contributed by atoms with Gasteiger partial charge in [0.2, 0.25) is 0 Å². The van der Waals surface area contributed by atoms with Gasteiger partial charge in [-0.05, 0) is 25.0 Å². The van der Waals surface area contributed by atoms with Gasteiger partial charge in [-0.25, -0.2) is 9.97 Å². The van der Waals surface area contributed by atoms with E-state index >= 15 is 0 Å². The Morgan fingerprint density at radius 1 is 1.08 bits per heavy atom. The van der Waals surface area contributed by atoms with Crippen molar-refractivity contribution in [3.63, 3.8) is 0 Å². The standard InChI is InChI=1S/C17H18Cl2N4O/c18-12-7-4-8-13(16(12)19)23-15-10-20-14(9-21-15)17(24)22-11-5-2-1-3-6-11/h4,7-11H,1-3,5-6H2,(H,21,23)(H,22,24). The highest BCUT2D eigenvalue weighted by Gasteiger charge is 2.17. The predicted molar refractivity (Wildman–Crippen MR) is 96.1 cm³/mol. The van der Waals surface area contributed by atoms with E-state index in [-0.39, 0.29) is 11.9 Å². The number of aromatic nitrogens is 2. The second kappa shape index (κ2) is 7.81. The minimum atomic E-state index is -0.179. The second-order valence-corrected chi connectivity index (χ2v) is 6.61. The first-order chi connectivity index (χ1) is 11.6. The van der Waals surface area contributed by atoms with Gasteiger partial charge in [0.1, 0.15) is 11.5 Å². The molecule has 7 heteroatoms. The molecule has 0 radical (unpaired) electrons. The van der Waals surface area contributed by atoms with E-state index < -0.39 is 0 Å². The third-order valence-corrected chi connectivity index (χ3v) is 4.86. The summed E-state index contributed by atoms with van der Waals surface area (Å²) in [5, 5.41) is 6.93. The smallest absolute Gasteiger partial charge is 0.271 e. The van der Waals surface area contributed by atoms with Crippen LogP contribution in [-0.4, -0.2) is 21.9 Å². The maximum Gasteiger partial charge on any atom is 0.271 e. The van der Waals surface area contributed by atoms with Gasteiger partial charge in [0, 0.05) is 6.04 Å². The summed E-state index contributed by atoms with van der Waals surface area (Å²) in [7, 11) is 0. The molecule has 0 atom stereocenters. The molecule has 0 bridgehead atoms. The molecule has 2 N–H and O–H groups in total. The van der Waals surface area contributed by atoms with Crippen molar-refractivity contribution in [3.05, 3.63) is 46.3 Å². The van der Waals surface area contributed by atoms with Crippen LogP contribution in [0.1, 0.15) is 42.6 Å². The molecule has 1 aliphatic carbocycles. The van der Waals surface area contributed by atoms with Crippen molar-refractivity contribution in [3.8, 4) is 0 Å². The zero-order chi connectivity index (χ0) is 16.9. The van der Waals surface area contributed by atoms with E-state index in [1.54, 1.807) is 18.2 Å². The maximum atomic E-state index is 12.2. The first kappa shape index (κ1) is 17.0. The van der Waals surface area contributed by atoms with Crippen LogP contribution in [0.15, 0.2) is 30.6 Å². The minimum absolute atomic E-state index is 0.179. The molecule has 0 saturated heterocycles. The number of benzene rings is 1. The highest BCUT2D eigenvalue weighted by atomic mass is 35.5. The number of hydrogen-bond donors (Lipinski definition) is 2. The van der Waals surface area contributed by atoms with Crippen molar-refractivity contribution in [2.45, 2.75) is 38.1 Å². The molecule has 1 aromatic heterocycles. The van der Waals surface area contributed by atoms with Gasteiger partial charge in [-0.15, -0.1) is 0 Å². The number of halogens is 2. The second-order valence-electron chi connectivity index (χ2n) is 5.82. The van der Waals surface area contributed by atoms with E-state index in [0.29, 0.717) is 27.2 Å². The molecule has 1 saturated carbocycles. The van der Waals surface area contributed by atoms with Crippen LogP contribution < -0.4 is 10.6 Å². The van der Waals surface area contributed by atoms with Crippen LogP contribution in [0.2, 0.25) is 10.0 Å². The van der Waals surface area contributed by atoms with E-state index in [4.69, 9.17) is 23.2 Å². The summed E-state index contributed by atoms with van der Waals surface area (Å²) in [6.45, 7) is 0. The number of hydrogen-bond acceptors (Lipinski definition) is 4. The minimum Gasteiger partial charge on any atom is -0.348 e. The van der Waals surface area contributed by atoms with Crippen molar-refractivity contribution in [1.82, 2.24) is 15.3 Å². The Hall–Kier alpha value is -1.85. The molecule has 0 unspecified atom stereocenters. The van der Waals surface area contributed by atoms with Gasteiger partial charge in [0.15, 0.2) is 0 Å². The monoisotopic (exact) mass is 364 g/mol. The third kappa shape index (κ3) is 4.16. The average molecular weight is 365 g/mol. The largest absolute Gasteiger partial charge is 0.348 e. The average Bonchev–Trinajstić information content (AvgIpc) is 2.60. The van der Waals surface area contributed by atoms with Crippen molar-refractivity contribution >= 4 is 40.6 Å². The number of rotatable bonds is 4. The number of amides is 1. The fourth-order valence-corrected chi connectivity index (χ4v) is 3.10. The van der Waals surface area contributed by atoms with Crippen LogP contribution in [0.4, 0.5) is 11.5 Å². The van der Waals surface area contributed by atoms with E-state index in [1.807, 2.05) is 0 Å². The van der Waals surface area contributed by atoms with Gasteiger partial charge >= 0.3 is 0 Å². The van der Waals surface area contributed by atoms with Gasteiger partial charge in [-0.1, -0.05) is 48.5 Å². The predicted octanol–water partition coefficient (Wildman–Crippen LogP) is 4.59. The molecule has 1 fully saturated rings. The lowest BCUT2D eigenvalue weighted by atomic mass is 9.95. The molecule has 24 heavy (non-hydrogen) atoms. The summed E-state index contributed by atoms with van der Waals surface area (Å²) in [4.78, 5) is 20.6. The van der Waals surface area contributed by atoms with E-state index in [9.17, 15) is 4.79 Å².